The van der Waals surface area contributed by atoms with Gasteiger partial charge in [0.2, 0.25) is 11.8 Å². The highest BCUT2D eigenvalue weighted by atomic mass is 16.5. The van der Waals surface area contributed by atoms with Crippen molar-refractivity contribution in [3.63, 3.8) is 0 Å². The first kappa shape index (κ1) is 15.6. The molecule has 25 heavy (non-hydrogen) atoms. The number of ether oxygens (including phenoxy) is 1. The zero-order chi connectivity index (χ0) is 17.2. The number of fused-ring (bicyclic) bond motifs is 1. The number of aromatic amines is 1. The third-order valence-corrected chi connectivity index (χ3v) is 4.61. The van der Waals surface area contributed by atoms with Crippen LogP contribution in [0, 0.1) is 0 Å². The highest BCUT2D eigenvalue weighted by Gasteiger charge is 2.21. The van der Waals surface area contributed by atoms with Gasteiger partial charge in [-0.3, -0.25) is 4.57 Å². The fourth-order valence-electron chi connectivity index (χ4n) is 3.42. The van der Waals surface area contributed by atoms with Gasteiger partial charge in [0.15, 0.2) is 5.65 Å². The maximum absolute atomic E-state index is 12.4. The number of hydrogen-bond acceptors (Lipinski definition) is 6. The normalized spacial score (nSPS) is 15.4. The van der Waals surface area contributed by atoms with Gasteiger partial charge in [0, 0.05) is 12.2 Å². The van der Waals surface area contributed by atoms with Crippen LogP contribution in [0.1, 0.15) is 38.1 Å². The van der Waals surface area contributed by atoms with Gasteiger partial charge in [0.05, 0.1) is 13.3 Å². The lowest BCUT2D eigenvalue weighted by Crippen LogP contribution is -2.24. The largest absolute Gasteiger partial charge is 0.480 e. The lowest BCUT2D eigenvalue weighted by molar-refractivity contribution is 0.352. The van der Waals surface area contributed by atoms with Gasteiger partial charge in [0.25, 0.3) is 0 Å². The Hall–Kier alpha value is -2.90. The predicted molar refractivity (Wildman–Crippen MR) is 94.3 cm³/mol. The summed E-state index contributed by atoms with van der Waals surface area (Å²) in [4.78, 5) is 28.3. The zero-order valence-corrected chi connectivity index (χ0v) is 14.0. The van der Waals surface area contributed by atoms with E-state index in [1.54, 1.807) is 30.1 Å². The van der Waals surface area contributed by atoms with E-state index in [1.165, 1.54) is 6.42 Å². The van der Waals surface area contributed by atoms with Crippen LogP contribution in [0.3, 0.4) is 0 Å². The maximum atomic E-state index is 12.4. The Balaban J connectivity index is 1.73. The Morgan fingerprint density at radius 1 is 1.28 bits per heavy atom. The molecule has 0 atom stereocenters. The Kier molecular flexibility index (Phi) is 4.09. The Morgan fingerprint density at radius 3 is 2.92 bits per heavy atom. The minimum absolute atomic E-state index is 0.118. The summed E-state index contributed by atoms with van der Waals surface area (Å²) in [7, 11) is 1.56. The molecule has 2 N–H and O–H groups in total. The summed E-state index contributed by atoms with van der Waals surface area (Å²) in [6, 6.07) is 3.84. The van der Waals surface area contributed by atoms with Gasteiger partial charge in [-0.25, -0.2) is 14.8 Å². The van der Waals surface area contributed by atoms with Crippen molar-refractivity contribution in [2.24, 2.45) is 0 Å². The second-order valence-electron chi connectivity index (χ2n) is 6.21. The molecule has 0 saturated heterocycles. The molecule has 8 heteroatoms. The number of methoxy groups -OCH3 is 1. The standard InChI is InChI=1S/C17H20N6O2/c1-25-15-12(8-5-9-18-15)20-16-19-10-13-14(22-16)23(17(24)21-13)11-6-3-2-4-7-11/h5,8-11H,2-4,6-7H2,1H3,(H,21,24)(H,19,20,22). The Labute approximate surface area is 144 Å². The molecular weight excluding hydrogens is 320 g/mol. The van der Waals surface area contributed by atoms with Crippen LogP contribution in [-0.4, -0.2) is 31.6 Å². The first-order chi connectivity index (χ1) is 12.3. The fourth-order valence-corrected chi connectivity index (χ4v) is 3.42. The summed E-state index contributed by atoms with van der Waals surface area (Å²) < 4.78 is 7.02. The molecule has 3 aromatic heterocycles. The van der Waals surface area contributed by atoms with Gasteiger partial charge in [-0.15, -0.1) is 0 Å². The van der Waals surface area contributed by atoms with Crippen molar-refractivity contribution in [1.29, 1.82) is 0 Å². The van der Waals surface area contributed by atoms with Crippen LogP contribution in [0.2, 0.25) is 0 Å². The third-order valence-electron chi connectivity index (χ3n) is 4.61. The number of nitrogens with zero attached hydrogens (tertiary/aromatic N) is 4. The van der Waals surface area contributed by atoms with Crippen molar-refractivity contribution >= 4 is 22.8 Å². The van der Waals surface area contributed by atoms with Crippen LogP contribution in [0.15, 0.2) is 29.3 Å². The average molecular weight is 340 g/mol. The minimum Gasteiger partial charge on any atom is -0.480 e. The molecule has 4 rings (SSSR count). The minimum atomic E-state index is -0.118. The number of imidazole rings is 1. The van der Waals surface area contributed by atoms with Gasteiger partial charge in [0.1, 0.15) is 11.2 Å². The number of aromatic nitrogens is 5. The van der Waals surface area contributed by atoms with E-state index in [9.17, 15) is 4.79 Å². The molecule has 1 aliphatic rings. The lowest BCUT2D eigenvalue weighted by Gasteiger charge is -2.22. The molecule has 3 heterocycles. The summed E-state index contributed by atoms with van der Waals surface area (Å²) in [5, 5.41) is 3.12. The van der Waals surface area contributed by atoms with Crippen LogP contribution < -0.4 is 15.7 Å². The van der Waals surface area contributed by atoms with Crippen molar-refractivity contribution in [2.45, 2.75) is 38.1 Å². The van der Waals surface area contributed by atoms with Crippen LogP contribution in [0.5, 0.6) is 5.88 Å². The molecule has 3 aromatic rings. The van der Waals surface area contributed by atoms with E-state index < -0.39 is 0 Å². The SMILES string of the molecule is COc1ncccc1Nc1ncc2[nH]c(=O)n(C3CCCCC3)c2n1. The third kappa shape index (κ3) is 2.95. The molecule has 1 fully saturated rings. The highest BCUT2D eigenvalue weighted by Crippen LogP contribution is 2.29. The van der Waals surface area contributed by atoms with Crippen molar-refractivity contribution in [3.8, 4) is 5.88 Å². The summed E-state index contributed by atoms with van der Waals surface area (Å²) in [6.07, 6.45) is 8.83. The number of hydrogen-bond donors (Lipinski definition) is 2. The molecule has 0 spiro atoms. The first-order valence-corrected chi connectivity index (χ1v) is 8.49. The second kappa shape index (κ2) is 6.54. The molecule has 0 aliphatic heterocycles. The molecule has 0 bridgehead atoms. The molecule has 1 saturated carbocycles. The molecule has 130 valence electrons. The molecule has 0 unspecified atom stereocenters. The van der Waals surface area contributed by atoms with Crippen LogP contribution >= 0.6 is 0 Å². The quantitative estimate of drug-likeness (QED) is 0.758. The van der Waals surface area contributed by atoms with Gasteiger partial charge in [-0.2, -0.15) is 4.98 Å². The van der Waals surface area contributed by atoms with E-state index in [0.717, 1.165) is 25.7 Å². The van der Waals surface area contributed by atoms with Crippen LogP contribution in [0.4, 0.5) is 11.6 Å². The van der Waals surface area contributed by atoms with Gasteiger partial charge >= 0.3 is 5.69 Å². The smallest absolute Gasteiger partial charge is 0.327 e. The molecule has 0 amide bonds. The summed E-state index contributed by atoms with van der Waals surface area (Å²) in [5.74, 6) is 0.868. The van der Waals surface area contributed by atoms with E-state index in [0.29, 0.717) is 28.7 Å². The van der Waals surface area contributed by atoms with E-state index >= 15 is 0 Å². The maximum Gasteiger partial charge on any atom is 0.327 e. The van der Waals surface area contributed by atoms with E-state index in [1.807, 2.05) is 6.07 Å². The monoisotopic (exact) mass is 340 g/mol. The fraction of sp³-hybridized carbons (Fsp3) is 0.412. The second-order valence-corrected chi connectivity index (χ2v) is 6.21. The van der Waals surface area contributed by atoms with Gasteiger partial charge in [-0.05, 0) is 25.0 Å². The molecule has 1 aliphatic carbocycles. The van der Waals surface area contributed by atoms with Gasteiger partial charge < -0.3 is 15.0 Å². The van der Waals surface area contributed by atoms with Crippen molar-refractivity contribution < 1.29 is 4.74 Å². The van der Waals surface area contributed by atoms with E-state index in [-0.39, 0.29) is 11.7 Å². The predicted octanol–water partition coefficient (Wildman–Crippen LogP) is 2.77. The lowest BCUT2D eigenvalue weighted by atomic mass is 9.95. The number of anilines is 2. The summed E-state index contributed by atoms with van der Waals surface area (Å²) >= 11 is 0. The molecule has 0 radical (unpaired) electrons. The van der Waals surface area contributed by atoms with E-state index in [4.69, 9.17) is 4.74 Å². The van der Waals surface area contributed by atoms with Crippen LogP contribution in [0.25, 0.3) is 11.2 Å². The van der Waals surface area contributed by atoms with Gasteiger partial charge in [-0.1, -0.05) is 19.3 Å². The molecule has 0 aromatic carbocycles. The van der Waals surface area contributed by atoms with Crippen molar-refractivity contribution in [3.05, 3.63) is 35.0 Å². The van der Waals surface area contributed by atoms with Crippen LogP contribution in [-0.2, 0) is 0 Å². The Bertz CT molecular complexity index is 942. The molecule has 8 nitrogen and oxygen atoms in total. The number of H-pyrrole nitrogens is 1. The average Bonchev–Trinajstić information content (AvgIpc) is 2.98. The van der Waals surface area contributed by atoms with Crippen molar-refractivity contribution in [2.75, 3.05) is 12.4 Å². The van der Waals surface area contributed by atoms with Crippen molar-refractivity contribution in [1.82, 2.24) is 24.5 Å². The molecular formula is C17H20N6O2. The highest BCUT2D eigenvalue weighted by molar-refractivity contribution is 5.72. The summed E-state index contributed by atoms with van der Waals surface area (Å²) in [6.45, 7) is 0. The zero-order valence-electron chi connectivity index (χ0n) is 14.0. The topological polar surface area (TPSA) is 97.7 Å². The first-order valence-electron chi connectivity index (χ1n) is 8.49. The Morgan fingerprint density at radius 2 is 2.12 bits per heavy atom. The number of nitrogens with one attached hydrogen (secondary N) is 2. The van der Waals surface area contributed by atoms with E-state index in [2.05, 4.69) is 25.3 Å². The number of rotatable bonds is 4. The summed E-state index contributed by atoms with van der Waals surface area (Å²) in [5.41, 5.74) is 1.84. The number of pyridine rings is 1.